The molecule has 1 aliphatic carbocycles. The van der Waals surface area contributed by atoms with Crippen LogP contribution in [0.2, 0.25) is 0 Å². The van der Waals surface area contributed by atoms with Crippen LogP contribution in [0.1, 0.15) is 24.5 Å². The number of benzene rings is 1. The van der Waals surface area contributed by atoms with Crippen LogP contribution in [0.25, 0.3) is 28.0 Å². The van der Waals surface area contributed by atoms with Gasteiger partial charge in [-0.05, 0) is 55.3 Å². The number of nitrogens with zero attached hydrogens (tertiary/aromatic N) is 3. The third-order valence-electron chi connectivity index (χ3n) is 4.80. The van der Waals surface area contributed by atoms with Gasteiger partial charge in [-0.3, -0.25) is 4.57 Å². The number of anilines is 1. The van der Waals surface area contributed by atoms with Crippen LogP contribution in [-0.4, -0.2) is 14.5 Å². The van der Waals surface area contributed by atoms with Gasteiger partial charge in [-0.25, -0.2) is 9.97 Å². The van der Waals surface area contributed by atoms with Crippen LogP contribution >= 0.6 is 0 Å². The van der Waals surface area contributed by atoms with Crippen molar-refractivity contribution in [3.8, 4) is 16.9 Å². The second-order valence-corrected chi connectivity index (χ2v) is 6.56. The van der Waals surface area contributed by atoms with Gasteiger partial charge in [-0.15, -0.1) is 0 Å². The quantitative estimate of drug-likeness (QED) is 0.601. The first-order valence-corrected chi connectivity index (χ1v) is 8.60. The summed E-state index contributed by atoms with van der Waals surface area (Å²) in [5.41, 5.74) is 11.4. The lowest BCUT2D eigenvalue weighted by Crippen LogP contribution is -2.01. The molecule has 3 heterocycles. The van der Waals surface area contributed by atoms with Gasteiger partial charge in [0.1, 0.15) is 11.5 Å². The van der Waals surface area contributed by atoms with Gasteiger partial charge in [0.15, 0.2) is 0 Å². The van der Waals surface area contributed by atoms with Gasteiger partial charge in [0.2, 0.25) is 0 Å². The van der Waals surface area contributed by atoms with Crippen LogP contribution < -0.4 is 5.73 Å². The molecule has 1 fully saturated rings. The highest BCUT2D eigenvalue weighted by Crippen LogP contribution is 2.40. The number of hydrogen-bond donors (Lipinski definition) is 1. The van der Waals surface area contributed by atoms with E-state index < -0.39 is 0 Å². The third kappa shape index (κ3) is 2.38. The van der Waals surface area contributed by atoms with E-state index in [-0.39, 0.29) is 0 Å². The number of pyridine rings is 2. The first kappa shape index (κ1) is 14.2. The summed E-state index contributed by atoms with van der Waals surface area (Å²) in [6.45, 7) is 0. The van der Waals surface area contributed by atoms with Gasteiger partial charge in [-0.2, -0.15) is 0 Å². The molecule has 122 valence electrons. The molecule has 0 unspecified atom stereocenters. The zero-order chi connectivity index (χ0) is 16.8. The van der Waals surface area contributed by atoms with Crippen molar-refractivity contribution < 1.29 is 0 Å². The first-order valence-electron chi connectivity index (χ1n) is 8.60. The summed E-state index contributed by atoms with van der Waals surface area (Å²) < 4.78 is 2.19. The Kier molecular flexibility index (Phi) is 3.10. The number of para-hydroxylation sites is 1. The molecule has 0 atom stereocenters. The number of rotatable bonds is 3. The second-order valence-electron chi connectivity index (χ2n) is 6.56. The molecule has 4 nitrogen and oxygen atoms in total. The van der Waals surface area contributed by atoms with Gasteiger partial charge in [0, 0.05) is 34.4 Å². The summed E-state index contributed by atoms with van der Waals surface area (Å²) in [6.07, 6.45) is 4.21. The van der Waals surface area contributed by atoms with Crippen molar-refractivity contribution in [2.24, 2.45) is 0 Å². The average molecular weight is 326 g/mol. The molecule has 0 radical (unpaired) electrons. The molecule has 5 rings (SSSR count). The van der Waals surface area contributed by atoms with Gasteiger partial charge < -0.3 is 5.73 Å². The van der Waals surface area contributed by atoms with Crippen molar-refractivity contribution in [2.45, 2.75) is 18.8 Å². The minimum atomic E-state index is 0.532. The maximum atomic E-state index is 6.16. The summed E-state index contributed by atoms with van der Waals surface area (Å²) >= 11 is 0. The molecular weight excluding hydrogens is 308 g/mol. The van der Waals surface area contributed by atoms with E-state index in [1.54, 1.807) is 6.20 Å². The Hall–Kier alpha value is -3.14. The average Bonchev–Trinajstić information content (AvgIpc) is 3.43. The predicted molar refractivity (Wildman–Crippen MR) is 101 cm³/mol. The second kappa shape index (κ2) is 5.45. The number of fused-ring (bicyclic) bond motifs is 1. The zero-order valence-corrected chi connectivity index (χ0v) is 13.8. The van der Waals surface area contributed by atoms with E-state index in [2.05, 4.69) is 39.9 Å². The Bertz CT molecular complexity index is 1060. The Labute approximate surface area is 146 Å². The topological polar surface area (TPSA) is 56.7 Å². The highest BCUT2D eigenvalue weighted by Gasteiger charge is 2.26. The van der Waals surface area contributed by atoms with Crippen LogP contribution in [0, 0.1) is 0 Å². The maximum absolute atomic E-state index is 6.16. The largest absolute Gasteiger partial charge is 0.383 e. The van der Waals surface area contributed by atoms with Crippen LogP contribution in [0.5, 0.6) is 0 Å². The fourth-order valence-corrected chi connectivity index (χ4v) is 3.37. The van der Waals surface area contributed by atoms with Crippen molar-refractivity contribution in [1.82, 2.24) is 14.5 Å². The monoisotopic (exact) mass is 326 g/mol. The molecule has 3 aromatic heterocycles. The summed E-state index contributed by atoms with van der Waals surface area (Å²) in [5, 5.41) is 1.12. The van der Waals surface area contributed by atoms with Gasteiger partial charge in [-0.1, -0.05) is 18.2 Å². The summed E-state index contributed by atoms with van der Waals surface area (Å²) in [7, 11) is 0. The van der Waals surface area contributed by atoms with E-state index in [0.717, 1.165) is 28.0 Å². The molecule has 4 aromatic rings. The zero-order valence-electron chi connectivity index (χ0n) is 13.8. The van der Waals surface area contributed by atoms with Crippen LogP contribution in [0.3, 0.4) is 0 Å². The van der Waals surface area contributed by atoms with Crippen LogP contribution in [0.15, 0.2) is 66.9 Å². The van der Waals surface area contributed by atoms with E-state index in [1.165, 1.54) is 18.5 Å². The minimum Gasteiger partial charge on any atom is -0.383 e. The molecule has 0 saturated heterocycles. The van der Waals surface area contributed by atoms with E-state index >= 15 is 0 Å². The first-order chi connectivity index (χ1) is 12.3. The SMILES string of the molecule is Nc1ncccc1-c1cc2ccc(C3CC3)nc2n1-c1ccccc1. The Balaban J connectivity index is 1.83. The lowest BCUT2D eigenvalue weighted by molar-refractivity contribution is 1.01. The highest BCUT2D eigenvalue weighted by atomic mass is 15.1. The van der Waals surface area contributed by atoms with E-state index in [0.29, 0.717) is 11.7 Å². The smallest absolute Gasteiger partial charge is 0.145 e. The Morgan fingerprint density at radius 3 is 2.56 bits per heavy atom. The van der Waals surface area contributed by atoms with Gasteiger partial charge in [0.05, 0.1) is 5.69 Å². The molecular formula is C21H18N4. The number of nitrogens with two attached hydrogens (primary N) is 1. The van der Waals surface area contributed by atoms with Crippen molar-refractivity contribution >= 4 is 16.9 Å². The molecule has 2 N–H and O–H groups in total. The van der Waals surface area contributed by atoms with E-state index in [4.69, 9.17) is 10.7 Å². The van der Waals surface area contributed by atoms with Crippen molar-refractivity contribution in [1.29, 1.82) is 0 Å². The number of aromatic nitrogens is 3. The standard InChI is InChI=1S/C21H18N4/c22-20-17(7-4-12-23-20)19-13-15-10-11-18(14-8-9-14)24-21(15)25(19)16-5-2-1-3-6-16/h1-7,10-14H,8-9H2,(H2,22,23). The molecule has 1 saturated carbocycles. The maximum Gasteiger partial charge on any atom is 0.145 e. The van der Waals surface area contributed by atoms with Crippen LogP contribution in [-0.2, 0) is 0 Å². The lowest BCUT2D eigenvalue weighted by atomic mass is 10.1. The molecule has 0 spiro atoms. The Morgan fingerprint density at radius 1 is 0.960 bits per heavy atom. The summed E-state index contributed by atoms with van der Waals surface area (Å²) in [4.78, 5) is 9.25. The molecule has 0 aliphatic heterocycles. The van der Waals surface area contributed by atoms with Crippen molar-refractivity contribution in [3.63, 3.8) is 0 Å². The molecule has 1 aliphatic rings. The molecule has 0 bridgehead atoms. The fourth-order valence-electron chi connectivity index (χ4n) is 3.37. The number of hydrogen-bond acceptors (Lipinski definition) is 3. The van der Waals surface area contributed by atoms with Gasteiger partial charge >= 0.3 is 0 Å². The van der Waals surface area contributed by atoms with Crippen molar-refractivity contribution in [2.75, 3.05) is 5.73 Å². The molecule has 0 amide bonds. The Morgan fingerprint density at radius 2 is 1.80 bits per heavy atom. The highest BCUT2D eigenvalue weighted by molar-refractivity contribution is 5.88. The fraction of sp³-hybridized carbons (Fsp3) is 0.143. The van der Waals surface area contributed by atoms with Crippen molar-refractivity contribution in [3.05, 3.63) is 72.6 Å². The lowest BCUT2D eigenvalue weighted by Gasteiger charge is -2.12. The normalized spacial score (nSPS) is 14.1. The van der Waals surface area contributed by atoms with E-state index in [1.807, 2.05) is 30.3 Å². The van der Waals surface area contributed by atoms with E-state index in [9.17, 15) is 0 Å². The predicted octanol–water partition coefficient (Wildman–Crippen LogP) is 4.55. The van der Waals surface area contributed by atoms with Crippen LogP contribution in [0.4, 0.5) is 5.82 Å². The summed E-state index contributed by atoms with van der Waals surface area (Å²) in [6, 6.07) is 20.7. The summed E-state index contributed by atoms with van der Waals surface area (Å²) in [5.74, 6) is 1.15. The minimum absolute atomic E-state index is 0.532. The number of nitrogen functional groups attached to an aromatic ring is 1. The third-order valence-corrected chi connectivity index (χ3v) is 4.80. The molecule has 4 heteroatoms. The van der Waals surface area contributed by atoms with Gasteiger partial charge in [0.25, 0.3) is 0 Å². The molecule has 1 aromatic carbocycles. The molecule has 25 heavy (non-hydrogen) atoms.